The molecule has 1 fully saturated rings. The Bertz CT molecular complexity index is 381. The Hall–Kier alpha value is -0.570. The van der Waals surface area contributed by atoms with E-state index in [2.05, 4.69) is 32.8 Å². The summed E-state index contributed by atoms with van der Waals surface area (Å²) in [6.07, 6.45) is 1.23. The first-order chi connectivity index (χ1) is 10.3. The monoisotopic (exact) mass is 439 g/mol. The summed E-state index contributed by atoms with van der Waals surface area (Å²) < 4.78 is 0. The Kier molecular flexibility index (Phi) is 10.8. The molecule has 0 aromatic carbocycles. The summed E-state index contributed by atoms with van der Waals surface area (Å²) in [5.41, 5.74) is -0.216. The number of hydrogen-bond donors (Lipinski definition) is 3. The molecule has 0 radical (unpaired) electrons. The zero-order chi connectivity index (χ0) is 16.6. The van der Waals surface area contributed by atoms with Crippen LogP contribution in [0, 0.1) is 5.92 Å². The van der Waals surface area contributed by atoms with Gasteiger partial charge in [0.2, 0.25) is 5.91 Å². The van der Waals surface area contributed by atoms with Gasteiger partial charge < -0.3 is 20.9 Å². The number of carbonyl (C=O) groups is 1. The minimum atomic E-state index is -0.216. The molecular weight excluding hydrogens is 405 g/mol. The van der Waals surface area contributed by atoms with Crippen LogP contribution in [0.25, 0.3) is 0 Å². The van der Waals surface area contributed by atoms with Crippen LogP contribution in [0.3, 0.4) is 0 Å². The maximum atomic E-state index is 11.8. The lowest BCUT2D eigenvalue weighted by molar-refractivity contribution is -0.121. The predicted octanol–water partition coefficient (Wildman–Crippen LogP) is 1.42. The van der Waals surface area contributed by atoms with Crippen LogP contribution in [0.1, 0.15) is 41.0 Å². The number of rotatable bonds is 6. The predicted molar refractivity (Wildman–Crippen MR) is 108 cm³/mol. The molecule has 0 aromatic heterocycles. The van der Waals surface area contributed by atoms with Crippen LogP contribution in [0.15, 0.2) is 4.99 Å². The van der Waals surface area contributed by atoms with E-state index in [4.69, 9.17) is 0 Å². The van der Waals surface area contributed by atoms with E-state index < -0.39 is 0 Å². The van der Waals surface area contributed by atoms with Crippen molar-refractivity contribution in [1.82, 2.24) is 20.9 Å². The fourth-order valence-corrected chi connectivity index (χ4v) is 2.56. The van der Waals surface area contributed by atoms with Crippen molar-refractivity contribution in [2.24, 2.45) is 10.9 Å². The Morgan fingerprint density at radius 1 is 1.26 bits per heavy atom. The molecule has 6 nitrogen and oxygen atoms in total. The molecule has 3 N–H and O–H groups in total. The van der Waals surface area contributed by atoms with Crippen LogP contribution in [-0.2, 0) is 4.79 Å². The van der Waals surface area contributed by atoms with E-state index in [0.29, 0.717) is 5.92 Å². The summed E-state index contributed by atoms with van der Waals surface area (Å²) in [6, 6.07) is 0. The lowest BCUT2D eigenvalue weighted by Crippen LogP contribution is -2.44. The van der Waals surface area contributed by atoms with Crippen molar-refractivity contribution in [1.29, 1.82) is 0 Å². The summed E-state index contributed by atoms with van der Waals surface area (Å²) in [5, 5.41) is 9.47. The topological polar surface area (TPSA) is 68.8 Å². The minimum Gasteiger partial charge on any atom is -0.357 e. The molecule has 1 rings (SSSR count). The van der Waals surface area contributed by atoms with E-state index >= 15 is 0 Å². The highest BCUT2D eigenvalue weighted by Gasteiger charge is 2.21. The minimum absolute atomic E-state index is 0. The molecule has 1 unspecified atom stereocenters. The van der Waals surface area contributed by atoms with Gasteiger partial charge in [-0.15, -0.1) is 24.0 Å². The van der Waals surface area contributed by atoms with Crippen LogP contribution in [0.5, 0.6) is 0 Å². The third-order valence-corrected chi connectivity index (χ3v) is 3.61. The third-order valence-electron chi connectivity index (χ3n) is 3.61. The van der Waals surface area contributed by atoms with E-state index in [1.807, 2.05) is 27.7 Å². The van der Waals surface area contributed by atoms with E-state index in [1.165, 1.54) is 13.0 Å². The number of guanidine groups is 1. The summed E-state index contributed by atoms with van der Waals surface area (Å²) in [7, 11) is 0. The smallest absolute Gasteiger partial charge is 0.242 e. The SMILES string of the molecule is CCNC(=NCC(=O)NC(C)(C)C)NCC1CCN(CC)C1.I. The van der Waals surface area contributed by atoms with Crippen molar-refractivity contribution in [2.45, 2.75) is 46.6 Å². The number of amides is 1. The molecule has 1 heterocycles. The maximum Gasteiger partial charge on any atom is 0.242 e. The van der Waals surface area contributed by atoms with Crippen LogP contribution in [0.4, 0.5) is 0 Å². The molecule has 1 saturated heterocycles. The fraction of sp³-hybridized carbons (Fsp3) is 0.875. The molecule has 136 valence electrons. The maximum absolute atomic E-state index is 11.8. The first-order valence-corrected chi connectivity index (χ1v) is 8.39. The van der Waals surface area contributed by atoms with Gasteiger partial charge in [0.15, 0.2) is 5.96 Å². The molecule has 1 aliphatic rings. The number of nitrogens with zero attached hydrogens (tertiary/aromatic N) is 2. The summed E-state index contributed by atoms with van der Waals surface area (Å²) in [5.74, 6) is 1.33. The molecular formula is C16H34IN5O. The number of nitrogens with one attached hydrogen (secondary N) is 3. The summed E-state index contributed by atoms with van der Waals surface area (Å²) in [6.45, 7) is 15.4. The first kappa shape index (κ1) is 22.4. The van der Waals surface area contributed by atoms with Gasteiger partial charge in [-0.25, -0.2) is 4.99 Å². The van der Waals surface area contributed by atoms with Crippen LogP contribution >= 0.6 is 24.0 Å². The molecule has 0 aliphatic carbocycles. The molecule has 0 bridgehead atoms. The van der Waals surface area contributed by atoms with Crippen LogP contribution < -0.4 is 16.0 Å². The molecule has 7 heteroatoms. The highest BCUT2D eigenvalue weighted by molar-refractivity contribution is 14.0. The van der Waals surface area contributed by atoms with E-state index in [0.717, 1.165) is 32.1 Å². The van der Waals surface area contributed by atoms with Crippen molar-refractivity contribution in [3.63, 3.8) is 0 Å². The number of hydrogen-bond acceptors (Lipinski definition) is 3. The zero-order valence-corrected chi connectivity index (χ0v) is 17.6. The average molecular weight is 439 g/mol. The number of aliphatic imine (C=N–C) groups is 1. The second-order valence-corrected chi connectivity index (χ2v) is 6.92. The lowest BCUT2D eigenvalue weighted by atomic mass is 10.1. The van der Waals surface area contributed by atoms with Gasteiger partial charge in [-0.05, 0) is 53.1 Å². The van der Waals surface area contributed by atoms with Gasteiger partial charge in [0.1, 0.15) is 6.54 Å². The average Bonchev–Trinajstić information content (AvgIpc) is 2.88. The first-order valence-electron chi connectivity index (χ1n) is 8.39. The Balaban J connectivity index is 0.00000484. The lowest BCUT2D eigenvalue weighted by Gasteiger charge is -2.20. The van der Waals surface area contributed by atoms with Gasteiger partial charge in [-0.2, -0.15) is 0 Å². The van der Waals surface area contributed by atoms with Gasteiger partial charge in [0, 0.05) is 25.2 Å². The summed E-state index contributed by atoms with van der Waals surface area (Å²) in [4.78, 5) is 18.7. The molecule has 1 amide bonds. The molecule has 0 aromatic rings. The number of halogens is 1. The van der Waals surface area contributed by atoms with Crippen molar-refractivity contribution < 1.29 is 4.79 Å². The largest absolute Gasteiger partial charge is 0.357 e. The molecule has 1 atom stereocenters. The zero-order valence-electron chi connectivity index (χ0n) is 15.2. The molecule has 23 heavy (non-hydrogen) atoms. The van der Waals surface area contributed by atoms with Crippen molar-refractivity contribution in [3.8, 4) is 0 Å². The Labute approximate surface area is 158 Å². The summed E-state index contributed by atoms with van der Waals surface area (Å²) >= 11 is 0. The van der Waals surface area contributed by atoms with Crippen molar-refractivity contribution in [2.75, 3.05) is 39.3 Å². The quantitative estimate of drug-likeness (QED) is 0.333. The molecule has 1 aliphatic heterocycles. The van der Waals surface area contributed by atoms with Gasteiger partial charge in [-0.3, -0.25) is 4.79 Å². The number of carbonyl (C=O) groups excluding carboxylic acids is 1. The standard InChI is InChI=1S/C16H33N5O.HI/c1-6-17-15(19-11-14(22)20-16(3,4)5)18-10-13-8-9-21(7-2)12-13;/h13H,6-12H2,1-5H3,(H,20,22)(H2,17,18,19);1H. The van der Waals surface area contributed by atoms with E-state index in [-0.39, 0.29) is 42.0 Å². The highest BCUT2D eigenvalue weighted by atomic mass is 127. The Morgan fingerprint density at radius 3 is 2.48 bits per heavy atom. The van der Waals surface area contributed by atoms with Gasteiger partial charge in [0.25, 0.3) is 0 Å². The van der Waals surface area contributed by atoms with Gasteiger partial charge in [-0.1, -0.05) is 6.92 Å². The number of likely N-dealkylation sites (tertiary alicyclic amines) is 1. The molecule has 0 saturated carbocycles. The van der Waals surface area contributed by atoms with Crippen molar-refractivity contribution >= 4 is 35.8 Å². The second kappa shape index (κ2) is 11.1. The normalized spacial score (nSPS) is 19.2. The van der Waals surface area contributed by atoms with E-state index in [1.54, 1.807) is 0 Å². The Morgan fingerprint density at radius 2 is 1.96 bits per heavy atom. The van der Waals surface area contributed by atoms with Crippen LogP contribution in [0.2, 0.25) is 0 Å². The molecule has 0 spiro atoms. The van der Waals surface area contributed by atoms with Gasteiger partial charge in [0.05, 0.1) is 0 Å². The van der Waals surface area contributed by atoms with Crippen molar-refractivity contribution in [3.05, 3.63) is 0 Å². The third kappa shape index (κ3) is 10.0. The van der Waals surface area contributed by atoms with Crippen LogP contribution in [-0.4, -0.2) is 61.6 Å². The van der Waals surface area contributed by atoms with E-state index in [9.17, 15) is 4.79 Å². The second-order valence-electron chi connectivity index (χ2n) is 6.92. The van der Waals surface area contributed by atoms with Gasteiger partial charge >= 0.3 is 0 Å². The fourth-order valence-electron chi connectivity index (χ4n) is 2.56. The highest BCUT2D eigenvalue weighted by Crippen LogP contribution is 2.14.